The quantitative estimate of drug-likeness (QED) is 0.403. The number of aromatic amines is 1. The molecule has 0 saturated carbocycles. The summed E-state index contributed by atoms with van der Waals surface area (Å²) in [5.41, 5.74) is 1.25. The molecular formula is C18H15ClN6OS. The number of fused-ring (bicyclic) bond motifs is 1. The summed E-state index contributed by atoms with van der Waals surface area (Å²) in [6, 6.07) is 14.5. The van der Waals surface area contributed by atoms with Gasteiger partial charge >= 0.3 is 0 Å². The van der Waals surface area contributed by atoms with Crippen molar-refractivity contribution in [3.8, 4) is 11.4 Å². The number of nitrogens with one attached hydrogen (secondary N) is 1. The highest BCUT2D eigenvalue weighted by atomic mass is 35.5. The lowest BCUT2D eigenvalue weighted by atomic mass is 10.2. The molecule has 136 valence electrons. The van der Waals surface area contributed by atoms with E-state index < -0.39 is 0 Å². The van der Waals surface area contributed by atoms with Crippen LogP contribution in [0.3, 0.4) is 0 Å². The number of H-pyrrole nitrogens is 1. The van der Waals surface area contributed by atoms with Crippen LogP contribution in [0.1, 0.15) is 18.0 Å². The Morgan fingerprint density at radius 3 is 2.81 bits per heavy atom. The van der Waals surface area contributed by atoms with Gasteiger partial charge < -0.3 is 10.8 Å². The third-order valence-electron chi connectivity index (χ3n) is 4.05. The van der Waals surface area contributed by atoms with E-state index in [9.17, 15) is 4.79 Å². The van der Waals surface area contributed by atoms with Gasteiger partial charge in [0.25, 0.3) is 5.56 Å². The van der Waals surface area contributed by atoms with Crippen LogP contribution in [-0.2, 0) is 0 Å². The average Bonchev–Trinajstić information content (AvgIpc) is 3.02. The van der Waals surface area contributed by atoms with Gasteiger partial charge in [0.15, 0.2) is 5.82 Å². The van der Waals surface area contributed by atoms with Crippen LogP contribution < -0.4 is 11.4 Å². The zero-order chi connectivity index (χ0) is 19.0. The fraction of sp³-hybridized carbons (Fsp3) is 0.111. The largest absolute Gasteiger partial charge is 0.335 e. The summed E-state index contributed by atoms with van der Waals surface area (Å²) in [4.78, 5) is 19.6. The molecule has 7 nitrogen and oxygen atoms in total. The molecule has 4 aromatic rings. The Hall–Kier alpha value is -2.84. The van der Waals surface area contributed by atoms with Crippen molar-refractivity contribution >= 4 is 34.3 Å². The second-order valence-corrected chi connectivity index (χ2v) is 7.66. The van der Waals surface area contributed by atoms with Gasteiger partial charge in [-0.25, -0.2) is 9.66 Å². The standard InChI is InChI=1S/C18H15ClN6OS/c1-10(15-21-14-8-3-2-7-13(14)17(26)22-15)27-18-24-23-16(25(18)20)11-5-4-6-12(19)9-11/h2-10H,20H2,1H3,(H,21,22,26)/t10-/m1/s1. The van der Waals surface area contributed by atoms with Gasteiger partial charge in [-0.05, 0) is 31.2 Å². The number of thioether (sulfide) groups is 1. The van der Waals surface area contributed by atoms with Gasteiger partial charge in [0.05, 0.1) is 16.2 Å². The Morgan fingerprint density at radius 1 is 1.19 bits per heavy atom. The zero-order valence-corrected chi connectivity index (χ0v) is 15.8. The fourth-order valence-electron chi connectivity index (χ4n) is 2.69. The SMILES string of the molecule is C[C@@H](Sc1nnc(-c2cccc(Cl)c2)n1N)c1nc2ccccc2c(=O)[nH]1. The molecule has 2 heterocycles. The number of nitrogens with zero attached hydrogens (tertiary/aromatic N) is 4. The number of hydrogen-bond acceptors (Lipinski definition) is 6. The number of nitrogen functional groups attached to an aromatic ring is 1. The number of hydrogen-bond donors (Lipinski definition) is 2. The highest BCUT2D eigenvalue weighted by molar-refractivity contribution is 7.99. The van der Waals surface area contributed by atoms with E-state index in [-0.39, 0.29) is 10.8 Å². The summed E-state index contributed by atoms with van der Waals surface area (Å²) in [5, 5.41) is 9.80. The van der Waals surface area contributed by atoms with E-state index in [1.165, 1.54) is 16.4 Å². The van der Waals surface area contributed by atoms with Crippen molar-refractivity contribution < 1.29 is 0 Å². The van der Waals surface area contributed by atoms with Crippen LogP contribution in [0.15, 0.2) is 58.5 Å². The van der Waals surface area contributed by atoms with Crippen molar-refractivity contribution in [3.63, 3.8) is 0 Å². The minimum atomic E-state index is -0.180. The number of para-hydroxylation sites is 1. The van der Waals surface area contributed by atoms with E-state index in [1.54, 1.807) is 18.2 Å². The Labute approximate surface area is 163 Å². The van der Waals surface area contributed by atoms with Crippen molar-refractivity contribution in [1.82, 2.24) is 24.8 Å². The van der Waals surface area contributed by atoms with Gasteiger partial charge in [-0.1, -0.05) is 47.6 Å². The molecule has 0 radical (unpaired) electrons. The van der Waals surface area contributed by atoms with Crippen LogP contribution >= 0.6 is 23.4 Å². The maximum atomic E-state index is 12.3. The van der Waals surface area contributed by atoms with Crippen LogP contribution in [0, 0.1) is 0 Å². The van der Waals surface area contributed by atoms with Crippen LogP contribution in [0.4, 0.5) is 0 Å². The Bertz CT molecular complexity index is 1190. The average molecular weight is 399 g/mol. The first-order valence-electron chi connectivity index (χ1n) is 8.15. The minimum Gasteiger partial charge on any atom is -0.335 e. The van der Waals surface area contributed by atoms with Crippen molar-refractivity contribution in [2.24, 2.45) is 0 Å². The fourth-order valence-corrected chi connectivity index (χ4v) is 3.71. The molecule has 0 bridgehead atoms. The third-order valence-corrected chi connectivity index (χ3v) is 5.35. The van der Waals surface area contributed by atoms with Gasteiger partial charge in [-0.3, -0.25) is 4.79 Å². The summed E-state index contributed by atoms with van der Waals surface area (Å²) >= 11 is 7.39. The Kier molecular flexibility index (Phi) is 4.59. The molecule has 0 fully saturated rings. The molecule has 3 N–H and O–H groups in total. The number of nitrogens with two attached hydrogens (primary N) is 1. The highest BCUT2D eigenvalue weighted by Gasteiger charge is 2.18. The lowest BCUT2D eigenvalue weighted by Gasteiger charge is -2.11. The molecule has 0 spiro atoms. The minimum absolute atomic E-state index is 0.170. The topological polar surface area (TPSA) is 102 Å². The molecule has 0 saturated heterocycles. The molecule has 27 heavy (non-hydrogen) atoms. The highest BCUT2D eigenvalue weighted by Crippen LogP contribution is 2.33. The molecule has 0 aliphatic carbocycles. The van der Waals surface area contributed by atoms with E-state index in [0.29, 0.717) is 32.7 Å². The summed E-state index contributed by atoms with van der Waals surface area (Å²) in [7, 11) is 0. The second-order valence-electron chi connectivity index (χ2n) is 5.91. The van der Waals surface area contributed by atoms with Gasteiger partial charge in [-0.15, -0.1) is 10.2 Å². The number of halogens is 1. The van der Waals surface area contributed by atoms with E-state index in [0.717, 1.165) is 5.56 Å². The second kappa shape index (κ2) is 7.05. The zero-order valence-electron chi connectivity index (χ0n) is 14.3. The summed E-state index contributed by atoms with van der Waals surface area (Å²) in [6.45, 7) is 1.92. The molecule has 1 atom stereocenters. The van der Waals surface area contributed by atoms with E-state index in [4.69, 9.17) is 17.4 Å². The maximum Gasteiger partial charge on any atom is 0.258 e. The molecular weight excluding hydrogens is 384 g/mol. The molecule has 0 aliphatic rings. The van der Waals surface area contributed by atoms with E-state index in [1.807, 2.05) is 37.3 Å². The van der Waals surface area contributed by atoms with Crippen molar-refractivity contribution in [3.05, 3.63) is 69.7 Å². The van der Waals surface area contributed by atoms with Crippen LogP contribution in [0.5, 0.6) is 0 Å². The Morgan fingerprint density at radius 2 is 2.00 bits per heavy atom. The van der Waals surface area contributed by atoms with Crippen molar-refractivity contribution in [2.75, 3.05) is 5.84 Å². The normalized spacial score (nSPS) is 12.4. The third kappa shape index (κ3) is 3.41. The lowest BCUT2D eigenvalue weighted by Crippen LogP contribution is -2.14. The van der Waals surface area contributed by atoms with Gasteiger partial charge in [0, 0.05) is 10.6 Å². The van der Waals surface area contributed by atoms with Crippen LogP contribution in [-0.4, -0.2) is 24.8 Å². The molecule has 4 rings (SSSR count). The molecule has 0 amide bonds. The first-order chi connectivity index (χ1) is 13.0. The number of aromatic nitrogens is 5. The molecule has 9 heteroatoms. The summed E-state index contributed by atoms with van der Waals surface area (Å²) in [5.74, 6) is 7.23. The first kappa shape index (κ1) is 17.6. The van der Waals surface area contributed by atoms with Crippen molar-refractivity contribution in [1.29, 1.82) is 0 Å². The van der Waals surface area contributed by atoms with Crippen LogP contribution in [0.25, 0.3) is 22.3 Å². The van der Waals surface area contributed by atoms with Crippen molar-refractivity contribution in [2.45, 2.75) is 17.3 Å². The van der Waals surface area contributed by atoms with Crippen LogP contribution in [0.2, 0.25) is 5.02 Å². The molecule has 2 aromatic carbocycles. The van der Waals surface area contributed by atoms with E-state index >= 15 is 0 Å². The molecule has 2 aromatic heterocycles. The maximum absolute atomic E-state index is 12.3. The predicted octanol–water partition coefficient (Wildman–Crippen LogP) is 3.40. The van der Waals surface area contributed by atoms with E-state index in [2.05, 4.69) is 20.2 Å². The number of rotatable bonds is 4. The van der Waals surface area contributed by atoms with Gasteiger partial charge in [0.1, 0.15) is 5.82 Å². The number of benzene rings is 2. The summed E-state index contributed by atoms with van der Waals surface area (Å²) in [6.07, 6.45) is 0. The molecule has 0 aliphatic heterocycles. The van der Waals surface area contributed by atoms with Gasteiger partial charge in [-0.2, -0.15) is 0 Å². The van der Waals surface area contributed by atoms with Gasteiger partial charge in [0.2, 0.25) is 5.16 Å². The first-order valence-corrected chi connectivity index (χ1v) is 9.41. The Balaban J connectivity index is 1.64. The summed E-state index contributed by atoms with van der Waals surface area (Å²) < 4.78 is 1.41. The lowest BCUT2D eigenvalue weighted by molar-refractivity contribution is 0.835. The monoisotopic (exact) mass is 398 g/mol. The predicted molar refractivity (Wildman–Crippen MR) is 107 cm³/mol. The smallest absolute Gasteiger partial charge is 0.258 e. The molecule has 0 unspecified atom stereocenters.